The number of nitro benzene ring substituents is 1. The second-order valence-electron chi connectivity index (χ2n) is 5.76. The van der Waals surface area contributed by atoms with Gasteiger partial charge in [-0.1, -0.05) is 18.2 Å². The van der Waals surface area contributed by atoms with Crippen LogP contribution in [-0.2, 0) is 0 Å². The number of rotatable bonds is 3. The summed E-state index contributed by atoms with van der Waals surface area (Å²) in [5.74, 6) is 0.552. The van der Waals surface area contributed by atoms with Crippen LogP contribution in [0.1, 0.15) is 0 Å². The van der Waals surface area contributed by atoms with E-state index in [1.54, 1.807) is 30.3 Å². The number of nitrogens with zero attached hydrogens (tertiary/aromatic N) is 3. The monoisotopic (exact) mass is 364 g/mol. The molecular formula is C18H12N4O5. The maximum atomic E-state index is 12.3. The van der Waals surface area contributed by atoms with Crippen LogP contribution >= 0.6 is 0 Å². The molecule has 2 aromatic rings. The van der Waals surface area contributed by atoms with Crippen molar-refractivity contribution in [2.24, 2.45) is 0 Å². The summed E-state index contributed by atoms with van der Waals surface area (Å²) in [5, 5.41) is 11.8. The van der Waals surface area contributed by atoms with Crippen molar-refractivity contribution in [3.63, 3.8) is 0 Å². The molecule has 0 saturated carbocycles. The van der Waals surface area contributed by atoms with Crippen LogP contribution in [0.25, 0.3) is 28.0 Å². The smallest absolute Gasteiger partial charge is 0.349 e. The van der Waals surface area contributed by atoms with E-state index in [1.807, 2.05) is 0 Å². The number of pyridine rings is 1. The average molecular weight is 364 g/mol. The molecule has 2 aromatic carbocycles. The lowest BCUT2D eigenvalue weighted by molar-refractivity contribution is -0.384. The molecule has 0 atom stereocenters. The fraction of sp³-hybridized carbons (Fsp3) is 0.0556. The average Bonchev–Trinajstić information content (AvgIpc) is 2.66. The molecule has 134 valence electrons. The molecule has 2 aliphatic rings. The Balaban J connectivity index is 2.25. The Bertz CT molecular complexity index is 1290. The normalized spacial score (nSPS) is 11.0. The SMILES string of the molecule is COc1cccc2cc3c(=O)[nH]c(=O)nc-3n(-c3cccc([N+](=O)[O-])c3)c12. The minimum Gasteiger partial charge on any atom is -0.495 e. The number of H-pyrrole nitrogens is 1. The van der Waals surface area contributed by atoms with Crippen molar-refractivity contribution in [1.29, 1.82) is 0 Å². The summed E-state index contributed by atoms with van der Waals surface area (Å²) in [7, 11) is 1.49. The Kier molecular flexibility index (Phi) is 3.69. The standard InChI is InChI=1S/C18H12N4O5/c1-27-14-7-2-4-10-8-13-16(19-18(24)20-17(13)23)21(15(10)14)11-5-3-6-12(9-11)22(25)26/h2-9H,1H3,(H,20,23,24). The van der Waals surface area contributed by atoms with Crippen molar-refractivity contribution in [3.05, 3.63) is 79.5 Å². The Morgan fingerprint density at radius 2 is 1.93 bits per heavy atom. The van der Waals surface area contributed by atoms with Gasteiger partial charge in [-0.25, -0.2) is 4.79 Å². The molecule has 0 aromatic heterocycles. The van der Waals surface area contributed by atoms with Crippen molar-refractivity contribution >= 4 is 16.6 Å². The van der Waals surface area contributed by atoms with Gasteiger partial charge < -0.3 is 4.74 Å². The zero-order chi connectivity index (χ0) is 19.1. The molecule has 9 heteroatoms. The third-order valence-corrected chi connectivity index (χ3v) is 4.20. The first-order chi connectivity index (χ1) is 13.0. The highest BCUT2D eigenvalue weighted by Gasteiger charge is 2.21. The zero-order valence-corrected chi connectivity index (χ0v) is 14.0. The molecule has 0 unspecified atom stereocenters. The van der Waals surface area contributed by atoms with Crippen molar-refractivity contribution in [2.75, 3.05) is 7.11 Å². The number of hydrogen-bond donors (Lipinski definition) is 1. The highest BCUT2D eigenvalue weighted by Crippen LogP contribution is 2.34. The molecule has 0 fully saturated rings. The summed E-state index contributed by atoms with van der Waals surface area (Å²) in [6.07, 6.45) is 0. The van der Waals surface area contributed by atoms with Gasteiger partial charge in [-0.15, -0.1) is 0 Å². The molecule has 4 rings (SSSR count). The lowest BCUT2D eigenvalue weighted by Gasteiger charge is -2.19. The molecule has 0 radical (unpaired) electrons. The Morgan fingerprint density at radius 3 is 2.67 bits per heavy atom. The number of ether oxygens (including phenoxy) is 1. The quantitative estimate of drug-likeness (QED) is 0.338. The molecular weight excluding hydrogens is 352 g/mol. The van der Waals surface area contributed by atoms with Gasteiger partial charge in [0.25, 0.3) is 11.2 Å². The highest BCUT2D eigenvalue weighted by molar-refractivity contribution is 5.91. The summed E-state index contributed by atoms with van der Waals surface area (Å²) < 4.78 is 6.95. The van der Waals surface area contributed by atoms with Crippen molar-refractivity contribution in [1.82, 2.24) is 14.5 Å². The Morgan fingerprint density at radius 1 is 1.15 bits per heavy atom. The van der Waals surface area contributed by atoms with E-state index in [2.05, 4.69) is 9.97 Å². The predicted molar refractivity (Wildman–Crippen MR) is 97.8 cm³/mol. The number of para-hydroxylation sites is 1. The largest absolute Gasteiger partial charge is 0.495 e. The van der Waals surface area contributed by atoms with E-state index in [4.69, 9.17) is 4.74 Å². The number of hydrogen-bond acceptors (Lipinski definition) is 6. The lowest BCUT2D eigenvalue weighted by atomic mass is 10.1. The molecule has 0 bridgehead atoms. The Labute approximate surface area is 151 Å². The summed E-state index contributed by atoms with van der Waals surface area (Å²) in [5.41, 5.74) is -0.434. The fourth-order valence-electron chi connectivity index (χ4n) is 3.07. The van der Waals surface area contributed by atoms with Crippen LogP contribution < -0.4 is 16.0 Å². The number of fused-ring (bicyclic) bond motifs is 2. The van der Waals surface area contributed by atoms with E-state index >= 15 is 0 Å². The van der Waals surface area contributed by atoms with E-state index in [0.717, 1.165) is 0 Å². The number of aromatic amines is 1. The number of nitrogens with one attached hydrogen (secondary N) is 1. The van der Waals surface area contributed by atoms with Gasteiger partial charge in [0, 0.05) is 17.5 Å². The Hall–Kier alpha value is -4.01. The third-order valence-electron chi connectivity index (χ3n) is 4.20. The molecule has 2 aliphatic heterocycles. The van der Waals surface area contributed by atoms with Crippen LogP contribution in [0.4, 0.5) is 5.69 Å². The minimum absolute atomic E-state index is 0.0845. The van der Waals surface area contributed by atoms with Gasteiger partial charge in [0.15, 0.2) is 5.82 Å². The van der Waals surface area contributed by atoms with E-state index in [9.17, 15) is 19.7 Å². The maximum Gasteiger partial charge on any atom is 0.349 e. The van der Waals surface area contributed by atoms with Gasteiger partial charge >= 0.3 is 5.69 Å². The van der Waals surface area contributed by atoms with Crippen LogP contribution in [0.3, 0.4) is 0 Å². The summed E-state index contributed by atoms with van der Waals surface area (Å²) in [6, 6.07) is 12.7. The van der Waals surface area contributed by atoms with Gasteiger partial charge in [-0.2, -0.15) is 4.98 Å². The summed E-state index contributed by atoms with van der Waals surface area (Å²) >= 11 is 0. The molecule has 0 aliphatic carbocycles. The van der Waals surface area contributed by atoms with Gasteiger partial charge in [-0.05, 0) is 18.2 Å². The lowest BCUT2D eigenvalue weighted by Crippen LogP contribution is -2.27. The summed E-state index contributed by atoms with van der Waals surface area (Å²) in [4.78, 5) is 40.9. The first-order valence-corrected chi connectivity index (χ1v) is 7.87. The van der Waals surface area contributed by atoms with Crippen LogP contribution in [0, 0.1) is 10.1 Å². The number of aromatic nitrogens is 3. The molecule has 0 saturated heterocycles. The second kappa shape index (κ2) is 6.06. The van der Waals surface area contributed by atoms with Gasteiger partial charge in [-0.3, -0.25) is 24.5 Å². The molecule has 0 spiro atoms. The first kappa shape index (κ1) is 16.5. The third kappa shape index (κ3) is 2.61. The van der Waals surface area contributed by atoms with Gasteiger partial charge in [0.1, 0.15) is 5.75 Å². The number of methoxy groups -OCH3 is 1. The van der Waals surface area contributed by atoms with Gasteiger partial charge in [0.2, 0.25) is 0 Å². The van der Waals surface area contributed by atoms with Crippen LogP contribution in [0.15, 0.2) is 58.1 Å². The fourth-order valence-corrected chi connectivity index (χ4v) is 3.07. The van der Waals surface area contributed by atoms with Crippen LogP contribution in [0.2, 0.25) is 0 Å². The number of nitro groups is 1. The van der Waals surface area contributed by atoms with Crippen molar-refractivity contribution < 1.29 is 9.66 Å². The van der Waals surface area contributed by atoms with E-state index < -0.39 is 16.2 Å². The molecule has 1 N–H and O–H groups in total. The zero-order valence-electron chi connectivity index (χ0n) is 14.0. The maximum absolute atomic E-state index is 12.3. The number of benzene rings is 2. The van der Waals surface area contributed by atoms with Crippen LogP contribution in [0.5, 0.6) is 5.75 Å². The predicted octanol–water partition coefficient (Wildman–Crippen LogP) is 2.10. The molecule has 27 heavy (non-hydrogen) atoms. The number of non-ortho nitro benzene ring substituents is 1. The molecule has 0 amide bonds. The molecule has 2 heterocycles. The van der Waals surface area contributed by atoms with Crippen LogP contribution in [-0.4, -0.2) is 26.6 Å². The highest BCUT2D eigenvalue weighted by atomic mass is 16.6. The topological polar surface area (TPSA) is 120 Å². The van der Waals surface area contributed by atoms with Crippen molar-refractivity contribution in [2.45, 2.75) is 0 Å². The first-order valence-electron chi connectivity index (χ1n) is 7.87. The van der Waals surface area contributed by atoms with E-state index in [1.165, 1.54) is 29.9 Å². The molecule has 9 nitrogen and oxygen atoms in total. The summed E-state index contributed by atoms with van der Waals surface area (Å²) in [6.45, 7) is 0. The second-order valence-corrected chi connectivity index (χ2v) is 5.76. The van der Waals surface area contributed by atoms with E-state index in [0.29, 0.717) is 22.3 Å². The van der Waals surface area contributed by atoms with E-state index in [-0.39, 0.29) is 17.1 Å². The van der Waals surface area contributed by atoms with Gasteiger partial charge in [0.05, 0.1) is 28.8 Å². The minimum atomic E-state index is -0.805. The van der Waals surface area contributed by atoms with Crippen molar-refractivity contribution in [3.8, 4) is 22.8 Å².